The van der Waals surface area contributed by atoms with Gasteiger partial charge in [-0.2, -0.15) is 0 Å². The number of nitrogens with one attached hydrogen (secondary N) is 1. The third-order valence-corrected chi connectivity index (χ3v) is 4.13. The van der Waals surface area contributed by atoms with Gasteiger partial charge in [0.05, 0.1) is 12.9 Å². The van der Waals surface area contributed by atoms with Gasteiger partial charge in [0, 0.05) is 5.41 Å². The van der Waals surface area contributed by atoms with Crippen LogP contribution in [-0.4, -0.2) is 17.6 Å². The third-order valence-electron chi connectivity index (χ3n) is 4.13. The zero-order valence-corrected chi connectivity index (χ0v) is 11.5. The molecule has 1 heterocycles. The van der Waals surface area contributed by atoms with E-state index in [9.17, 15) is 9.90 Å². The Hall–Kier alpha value is -1.29. The Morgan fingerprint density at radius 2 is 2.11 bits per heavy atom. The van der Waals surface area contributed by atoms with Gasteiger partial charge in [-0.15, -0.1) is 0 Å². The van der Waals surface area contributed by atoms with E-state index in [2.05, 4.69) is 5.32 Å². The standard InChI is InChI=1S/C15H23NO3/c1-15(8-4-2-3-5-9-15)14(18)16-12(11-17)13-7-6-10-19-13/h6-7,10,12,17H,2-5,8-9,11H2,1H3,(H,16,18). The Labute approximate surface area is 114 Å². The van der Waals surface area contributed by atoms with E-state index in [1.54, 1.807) is 18.4 Å². The van der Waals surface area contributed by atoms with Crippen LogP contribution in [0.25, 0.3) is 0 Å². The molecule has 19 heavy (non-hydrogen) atoms. The van der Waals surface area contributed by atoms with Crippen molar-refractivity contribution in [3.8, 4) is 0 Å². The molecule has 1 unspecified atom stereocenters. The average Bonchev–Trinajstić information content (AvgIpc) is 2.84. The van der Waals surface area contributed by atoms with E-state index in [0.717, 1.165) is 25.7 Å². The van der Waals surface area contributed by atoms with Crippen molar-refractivity contribution in [2.45, 2.75) is 51.5 Å². The maximum Gasteiger partial charge on any atom is 0.226 e. The molecule has 0 saturated heterocycles. The number of rotatable bonds is 4. The van der Waals surface area contributed by atoms with Crippen molar-refractivity contribution >= 4 is 5.91 Å². The molecule has 0 spiro atoms. The predicted molar refractivity (Wildman–Crippen MR) is 72.5 cm³/mol. The molecule has 2 rings (SSSR count). The Morgan fingerprint density at radius 1 is 1.42 bits per heavy atom. The molecule has 2 N–H and O–H groups in total. The number of aliphatic hydroxyl groups excluding tert-OH is 1. The molecule has 1 saturated carbocycles. The second kappa shape index (κ2) is 6.24. The largest absolute Gasteiger partial charge is 0.467 e. The number of aliphatic hydroxyl groups is 1. The van der Waals surface area contributed by atoms with Crippen LogP contribution in [0.3, 0.4) is 0 Å². The molecular weight excluding hydrogens is 242 g/mol. The summed E-state index contributed by atoms with van der Waals surface area (Å²) in [6, 6.07) is 3.09. The summed E-state index contributed by atoms with van der Waals surface area (Å²) in [6.07, 6.45) is 8.04. The van der Waals surface area contributed by atoms with Crippen molar-refractivity contribution in [2.75, 3.05) is 6.61 Å². The lowest BCUT2D eigenvalue weighted by atomic mass is 9.81. The molecule has 1 aromatic heterocycles. The SMILES string of the molecule is CC1(C(=O)NC(CO)c2ccco2)CCCCCC1. The molecule has 4 nitrogen and oxygen atoms in total. The molecule has 106 valence electrons. The fourth-order valence-corrected chi connectivity index (χ4v) is 2.76. The quantitative estimate of drug-likeness (QED) is 0.823. The molecule has 0 bridgehead atoms. The molecule has 1 fully saturated rings. The molecule has 0 aliphatic heterocycles. The summed E-state index contributed by atoms with van der Waals surface area (Å²) < 4.78 is 5.26. The second-order valence-electron chi connectivity index (χ2n) is 5.70. The smallest absolute Gasteiger partial charge is 0.226 e. The number of furan rings is 1. The van der Waals surface area contributed by atoms with Gasteiger partial charge in [0.25, 0.3) is 0 Å². The van der Waals surface area contributed by atoms with Crippen LogP contribution in [0.4, 0.5) is 0 Å². The van der Waals surface area contributed by atoms with Crippen LogP contribution in [0.1, 0.15) is 57.3 Å². The van der Waals surface area contributed by atoms with Crippen LogP contribution in [-0.2, 0) is 4.79 Å². The minimum atomic E-state index is -0.442. The zero-order chi connectivity index (χ0) is 13.7. The highest BCUT2D eigenvalue weighted by Crippen LogP contribution is 2.35. The Balaban J connectivity index is 2.02. The van der Waals surface area contributed by atoms with Crippen LogP contribution in [0, 0.1) is 5.41 Å². The lowest BCUT2D eigenvalue weighted by Gasteiger charge is -2.28. The van der Waals surface area contributed by atoms with Gasteiger partial charge in [-0.1, -0.05) is 32.6 Å². The van der Waals surface area contributed by atoms with Crippen molar-refractivity contribution in [3.05, 3.63) is 24.2 Å². The summed E-state index contributed by atoms with van der Waals surface area (Å²) in [7, 11) is 0. The Morgan fingerprint density at radius 3 is 2.63 bits per heavy atom. The van der Waals surface area contributed by atoms with Gasteiger partial charge in [-0.05, 0) is 25.0 Å². The van der Waals surface area contributed by atoms with Gasteiger partial charge in [-0.3, -0.25) is 4.79 Å². The van der Waals surface area contributed by atoms with Gasteiger partial charge in [-0.25, -0.2) is 0 Å². The van der Waals surface area contributed by atoms with Gasteiger partial charge >= 0.3 is 0 Å². The van der Waals surface area contributed by atoms with Crippen LogP contribution < -0.4 is 5.32 Å². The first-order valence-corrected chi connectivity index (χ1v) is 7.11. The molecular formula is C15H23NO3. The molecule has 1 aliphatic carbocycles. The second-order valence-corrected chi connectivity index (χ2v) is 5.70. The summed E-state index contributed by atoms with van der Waals surface area (Å²) in [4.78, 5) is 12.5. The summed E-state index contributed by atoms with van der Waals surface area (Å²) in [5.41, 5.74) is -0.309. The summed E-state index contributed by atoms with van der Waals surface area (Å²) in [5, 5.41) is 12.3. The monoisotopic (exact) mass is 265 g/mol. The molecule has 0 radical (unpaired) electrons. The summed E-state index contributed by atoms with van der Waals surface area (Å²) in [5.74, 6) is 0.637. The Kier molecular flexibility index (Phi) is 4.64. The number of amides is 1. The molecule has 0 aromatic carbocycles. The first kappa shape index (κ1) is 14.1. The molecule has 1 amide bonds. The van der Waals surface area contributed by atoms with Gasteiger partial charge in [0.2, 0.25) is 5.91 Å². The fraction of sp³-hybridized carbons (Fsp3) is 0.667. The maximum absolute atomic E-state index is 12.5. The van der Waals surface area contributed by atoms with Crippen LogP contribution in [0.15, 0.2) is 22.8 Å². The molecule has 4 heteroatoms. The normalized spacial score (nSPS) is 20.5. The topological polar surface area (TPSA) is 62.5 Å². The van der Waals surface area contributed by atoms with E-state index in [-0.39, 0.29) is 17.9 Å². The average molecular weight is 265 g/mol. The van der Waals surface area contributed by atoms with Crippen molar-refractivity contribution < 1.29 is 14.3 Å². The lowest BCUT2D eigenvalue weighted by Crippen LogP contribution is -2.41. The molecule has 1 atom stereocenters. The van der Waals surface area contributed by atoms with E-state index in [0.29, 0.717) is 5.76 Å². The third kappa shape index (κ3) is 3.38. The van der Waals surface area contributed by atoms with Crippen molar-refractivity contribution in [1.29, 1.82) is 0 Å². The maximum atomic E-state index is 12.5. The van der Waals surface area contributed by atoms with Crippen LogP contribution in [0.2, 0.25) is 0 Å². The van der Waals surface area contributed by atoms with Crippen molar-refractivity contribution in [1.82, 2.24) is 5.32 Å². The minimum absolute atomic E-state index is 0.0323. The highest BCUT2D eigenvalue weighted by Gasteiger charge is 2.35. The van der Waals surface area contributed by atoms with Gasteiger partial charge < -0.3 is 14.8 Å². The van der Waals surface area contributed by atoms with Crippen LogP contribution in [0.5, 0.6) is 0 Å². The van der Waals surface area contributed by atoms with Gasteiger partial charge in [0.1, 0.15) is 11.8 Å². The first-order chi connectivity index (χ1) is 9.15. The minimum Gasteiger partial charge on any atom is -0.467 e. The number of hydrogen-bond acceptors (Lipinski definition) is 3. The number of carbonyl (C=O) groups excluding carboxylic acids is 1. The molecule has 1 aromatic rings. The van der Waals surface area contributed by atoms with Crippen molar-refractivity contribution in [3.63, 3.8) is 0 Å². The fourth-order valence-electron chi connectivity index (χ4n) is 2.76. The van der Waals surface area contributed by atoms with E-state index in [1.165, 1.54) is 12.8 Å². The van der Waals surface area contributed by atoms with Gasteiger partial charge in [0.15, 0.2) is 0 Å². The predicted octanol–water partition coefficient (Wildman–Crippen LogP) is 2.79. The highest BCUT2D eigenvalue weighted by atomic mass is 16.3. The van der Waals surface area contributed by atoms with E-state index in [1.807, 2.05) is 6.92 Å². The van der Waals surface area contributed by atoms with E-state index >= 15 is 0 Å². The lowest BCUT2D eigenvalue weighted by molar-refractivity contribution is -0.132. The van der Waals surface area contributed by atoms with E-state index < -0.39 is 6.04 Å². The number of carbonyl (C=O) groups is 1. The molecule has 1 aliphatic rings. The Bertz CT molecular complexity index is 392. The highest BCUT2D eigenvalue weighted by molar-refractivity contribution is 5.82. The van der Waals surface area contributed by atoms with Crippen molar-refractivity contribution in [2.24, 2.45) is 5.41 Å². The zero-order valence-electron chi connectivity index (χ0n) is 11.5. The summed E-state index contributed by atoms with van der Waals surface area (Å²) in [6.45, 7) is 1.89. The van der Waals surface area contributed by atoms with E-state index in [4.69, 9.17) is 4.42 Å². The summed E-state index contributed by atoms with van der Waals surface area (Å²) >= 11 is 0. The first-order valence-electron chi connectivity index (χ1n) is 7.11. The number of hydrogen-bond donors (Lipinski definition) is 2. The van der Waals surface area contributed by atoms with Crippen LogP contribution >= 0.6 is 0 Å².